The number of fused-ring (bicyclic) bond motifs is 3. The van der Waals surface area contributed by atoms with Crippen LogP contribution >= 0.6 is 0 Å². The summed E-state index contributed by atoms with van der Waals surface area (Å²) in [5.74, 6) is -2.48. The number of H-pyrrole nitrogens is 1. The lowest BCUT2D eigenvalue weighted by Crippen LogP contribution is -2.54. The molecule has 2 aromatic carbocycles. The van der Waals surface area contributed by atoms with Gasteiger partial charge in [0.2, 0.25) is 0 Å². The molecule has 0 spiro atoms. The Bertz CT molecular complexity index is 1260. The van der Waals surface area contributed by atoms with Crippen molar-refractivity contribution < 1.29 is 30.7 Å². The van der Waals surface area contributed by atoms with Crippen LogP contribution in [0, 0.1) is 17.5 Å². The fraction of sp³-hybridized carbons (Fsp3) is 0.462. The van der Waals surface area contributed by atoms with Crippen LogP contribution in [-0.4, -0.2) is 65.9 Å². The number of likely N-dealkylation sites (tertiary alicyclic amines) is 1. The molecule has 11 heteroatoms. The summed E-state index contributed by atoms with van der Waals surface area (Å²) in [6.45, 7) is 1.60. The molecule has 3 aromatic rings. The van der Waals surface area contributed by atoms with Gasteiger partial charge in [0.25, 0.3) is 0 Å². The van der Waals surface area contributed by atoms with Crippen LogP contribution < -0.4 is 5.32 Å². The molecule has 200 valence electrons. The molecular formula is C26H27F7N4. The molecule has 0 bridgehead atoms. The Morgan fingerprint density at radius 2 is 1.76 bits per heavy atom. The van der Waals surface area contributed by atoms with Crippen molar-refractivity contribution in [3.05, 3.63) is 64.6 Å². The summed E-state index contributed by atoms with van der Waals surface area (Å²) in [7, 11) is 0. The molecule has 2 aliphatic heterocycles. The summed E-state index contributed by atoms with van der Waals surface area (Å²) < 4.78 is 98.0. The lowest BCUT2D eigenvalue weighted by Gasteiger charge is -2.41. The Morgan fingerprint density at radius 1 is 1.05 bits per heavy atom. The Hall–Kier alpha value is -2.79. The van der Waals surface area contributed by atoms with E-state index in [-0.39, 0.29) is 23.8 Å². The lowest BCUT2D eigenvalue weighted by molar-refractivity contribution is -0.155. The number of alkyl halides is 4. The zero-order valence-corrected chi connectivity index (χ0v) is 20.1. The second-order valence-electron chi connectivity index (χ2n) is 9.95. The molecule has 1 aromatic heterocycles. The van der Waals surface area contributed by atoms with Crippen LogP contribution in [0.5, 0.6) is 0 Å². The van der Waals surface area contributed by atoms with Crippen LogP contribution in [-0.2, 0) is 6.42 Å². The summed E-state index contributed by atoms with van der Waals surface area (Å²) in [6.07, 6.45) is -3.98. The highest BCUT2D eigenvalue weighted by Gasteiger charge is 2.44. The molecular weight excluding hydrogens is 501 g/mol. The van der Waals surface area contributed by atoms with Crippen molar-refractivity contribution in [2.45, 2.75) is 44.1 Å². The number of rotatable bonds is 7. The zero-order valence-electron chi connectivity index (χ0n) is 20.1. The Kier molecular flexibility index (Phi) is 6.86. The minimum absolute atomic E-state index is 0.0732. The number of hydrogen-bond acceptors (Lipinski definition) is 3. The fourth-order valence-corrected chi connectivity index (χ4v) is 5.59. The van der Waals surface area contributed by atoms with Crippen molar-refractivity contribution in [1.82, 2.24) is 14.8 Å². The van der Waals surface area contributed by atoms with E-state index >= 15 is 8.78 Å². The normalized spacial score (nSPS) is 21.3. The molecule has 2 atom stereocenters. The van der Waals surface area contributed by atoms with Gasteiger partial charge in [0.15, 0.2) is 0 Å². The first-order chi connectivity index (χ1) is 17.5. The average Bonchev–Trinajstić information content (AvgIpc) is 3.12. The van der Waals surface area contributed by atoms with E-state index in [1.54, 1.807) is 6.92 Å². The van der Waals surface area contributed by atoms with E-state index in [0.717, 1.165) is 17.0 Å². The van der Waals surface area contributed by atoms with Crippen molar-refractivity contribution in [2.75, 3.05) is 38.2 Å². The van der Waals surface area contributed by atoms with E-state index in [4.69, 9.17) is 0 Å². The Balaban J connectivity index is 1.51. The van der Waals surface area contributed by atoms with Gasteiger partial charge >= 0.3 is 6.18 Å². The summed E-state index contributed by atoms with van der Waals surface area (Å²) in [5.41, 5.74) is 0.892. The summed E-state index contributed by atoms with van der Waals surface area (Å²) in [6, 6.07) is 4.03. The van der Waals surface area contributed by atoms with Crippen molar-refractivity contribution in [1.29, 1.82) is 0 Å². The molecule has 1 fully saturated rings. The molecule has 5 rings (SSSR count). The van der Waals surface area contributed by atoms with E-state index in [0.29, 0.717) is 42.5 Å². The molecule has 2 aliphatic rings. The van der Waals surface area contributed by atoms with Gasteiger partial charge in [-0.1, -0.05) is 0 Å². The number of benzene rings is 2. The van der Waals surface area contributed by atoms with Gasteiger partial charge < -0.3 is 10.3 Å². The van der Waals surface area contributed by atoms with Crippen molar-refractivity contribution in [3.63, 3.8) is 0 Å². The molecule has 0 aliphatic carbocycles. The van der Waals surface area contributed by atoms with Crippen molar-refractivity contribution >= 4 is 16.6 Å². The van der Waals surface area contributed by atoms with E-state index < -0.39 is 54.5 Å². The third-order valence-electron chi connectivity index (χ3n) is 7.22. The molecule has 37 heavy (non-hydrogen) atoms. The molecule has 0 saturated carbocycles. The van der Waals surface area contributed by atoms with Crippen LogP contribution in [0.3, 0.4) is 0 Å². The van der Waals surface area contributed by atoms with Gasteiger partial charge in [0.1, 0.15) is 17.5 Å². The predicted octanol–water partition coefficient (Wildman–Crippen LogP) is 5.94. The van der Waals surface area contributed by atoms with Crippen LogP contribution in [0.2, 0.25) is 0 Å². The fourth-order valence-electron chi connectivity index (χ4n) is 5.59. The van der Waals surface area contributed by atoms with Gasteiger partial charge in [-0.05, 0) is 55.7 Å². The highest BCUT2D eigenvalue weighted by molar-refractivity contribution is 5.85. The summed E-state index contributed by atoms with van der Waals surface area (Å²) >= 11 is 0. The number of halogens is 7. The molecule has 3 heterocycles. The smallest absolute Gasteiger partial charge is 0.380 e. The van der Waals surface area contributed by atoms with Gasteiger partial charge in [-0.15, -0.1) is 0 Å². The van der Waals surface area contributed by atoms with E-state index in [1.165, 1.54) is 18.2 Å². The number of hydrogen-bond donors (Lipinski definition) is 2. The summed E-state index contributed by atoms with van der Waals surface area (Å²) in [4.78, 5) is 6.00. The minimum Gasteiger partial charge on any atom is -0.380 e. The maximum absolute atomic E-state index is 15.5. The van der Waals surface area contributed by atoms with Gasteiger partial charge in [0.05, 0.1) is 25.3 Å². The lowest BCUT2D eigenvalue weighted by atomic mass is 9.88. The molecule has 0 unspecified atom stereocenters. The number of aromatic nitrogens is 1. The number of nitrogens with zero attached hydrogens (tertiary/aromatic N) is 2. The molecule has 4 nitrogen and oxygen atoms in total. The predicted molar refractivity (Wildman–Crippen MR) is 127 cm³/mol. The summed E-state index contributed by atoms with van der Waals surface area (Å²) in [5, 5.41) is 3.66. The van der Waals surface area contributed by atoms with E-state index in [1.807, 2.05) is 4.90 Å². The third kappa shape index (κ3) is 5.16. The third-order valence-corrected chi connectivity index (χ3v) is 7.22. The average molecular weight is 529 g/mol. The van der Waals surface area contributed by atoms with Gasteiger partial charge in [-0.25, -0.2) is 13.2 Å². The van der Waals surface area contributed by atoms with Crippen molar-refractivity contribution in [2.24, 2.45) is 0 Å². The largest absolute Gasteiger partial charge is 0.401 e. The SMILES string of the molecule is C[C@H]1Cc2c([nH]c3cc(F)ccc23)[C@H](c2c(F)cc(NC3CN(CCCF)C3)cc2F)N1CC(F)(F)F. The molecule has 0 amide bonds. The Labute approximate surface area is 209 Å². The quantitative estimate of drug-likeness (QED) is 0.373. The zero-order chi connectivity index (χ0) is 26.5. The number of nitrogens with one attached hydrogen (secondary N) is 2. The van der Waals surface area contributed by atoms with E-state index in [9.17, 15) is 22.0 Å². The monoisotopic (exact) mass is 528 g/mol. The Morgan fingerprint density at radius 3 is 2.41 bits per heavy atom. The first-order valence-corrected chi connectivity index (χ1v) is 12.2. The first-order valence-electron chi connectivity index (χ1n) is 12.2. The maximum atomic E-state index is 15.5. The number of anilines is 1. The van der Waals surface area contributed by atoms with Gasteiger partial charge in [-0.2, -0.15) is 13.2 Å². The minimum atomic E-state index is -4.60. The molecule has 1 saturated heterocycles. The maximum Gasteiger partial charge on any atom is 0.401 e. The highest BCUT2D eigenvalue weighted by Crippen LogP contribution is 2.44. The van der Waals surface area contributed by atoms with Gasteiger partial charge in [0, 0.05) is 53.5 Å². The van der Waals surface area contributed by atoms with Crippen LogP contribution in [0.25, 0.3) is 10.9 Å². The number of aromatic amines is 1. The second-order valence-corrected chi connectivity index (χ2v) is 9.95. The standard InChI is InChI=1S/C26H27F7N4/c1-14-7-19-18-4-3-15(28)8-22(18)35-24(19)25(37(14)13-26(31,32)33)23-20(29)9-16(10-21(23)30)34-17-11-36(12-17)6-2-5-27/h3-4,8-10,14,17,25,34-35H,2,5-7,11-13H2,1H3/t14-,25-/m0/s1. The second kappa shape index (κ2) is 9.83. The van der Waals surface area contributed by atoms with Crippen molar-refractivity contribution in [3.8, 4) is 0 Å². The van der Waals surface area contributed by atoms with E-state index in [2.05, 4.69) is 10.3 Å². The van der Waals surface area contributed by atoms with Crippen LogP contribution in [0.1, 0.15) is 36.2 Å². The van der Waals surface area contributed by atoms with Gasteiger partial charge in [-0.3, -0.25) is 14.2 Å². The van der Waals surface area contributed by atoms with Crippen LogP contribution in [0.4, 0.5) is 36.4 Å². The van der Waals surface area contributed by atoms with Crippen LogP contribution in [0.15, 0.2) is 30.3 Å². The first kappa shape index (κ1) is 25.8. The topological polar surface area (TPSA) is 34.3 Å². The molecule has 0 radical (unpaired) electrons. The molecule has 2 N–H and O–H groups in total. The highest BCUT2D eigenvalue weighted by atomic mass is 19.4.